The van der Waals surface area contributed by atoms with Gasteiger partial charge >= 0.3 is 6.09 Å². The summed E-state index contributed by atoms with van der Waals surface area (Å²) in [4.78, 5) is 16.6. The first-order valence-corrected chi connectivity index (χ1v) is 7.76. The molecule has 2 aromatic heterocycles. The second-order valence-corrected chi connectivity index (χ2v) is 6.75. The van der Waals surface area contributed by atoms with E-state index < -0.39 is 11.7 Å². The molecule has 0 unspecified atom stereocenters. The highest BCUT2D eigenvalue weighted by Crippen LogP contribution is 2.30. The quantitative estimate of drug-likeness (QED) is 0.718. The number of hydrogen-bond donors (Lipinski definition) is 1. The van der Waals surface area contributed by atoms with Gasteiger partial charge in [0.2, 0.25) is 0 Å². The summed E-state index contributed by atoms with van der Waals surface area (Å²) < 4.78 is 6.52. The maximum Gasteiger partial charge on any atom is 0.435 e. The highest BCUT2D eigenvalue weighted by Gasteiger charge is 2.22. The lowest BCUT2D eigenvalue weighted by Crippen LogP contribution is -2.27. The largest absolute Gasteiger partial charge is 0.442 e. The van der Waals surface area contributed by atoms with Crippen LogP contribution in [0.2, 0.25) is 5.02 Å². The Bertz CT molecular complexity index is 928. The molecule has 3 rings (SSSR count). The van der Waals surface area contributed by atoms with E-state index in [9.17, 15) is 4.79 Å². The van der Waals surface area contributed by atoms with E-state index in [2.05, 4.69) is 10.1 Å². The van der Waals surface area contributed by atoms with Gasteiger partial charge in [-0.2, -0.15) is 4.68 Å². The highest BCUT2D eigenvalue weighted by molar-refractivity contribution is 6.33. The monoisotopic (exact) mass is 344 g/mol. The summed E-state index contributed by atoms with van der Waals surface area (Å²) in [6, 6.07) is 8.91. The second-order valence-electron chi connectivity index (χ2n) is 6.34. The SMILES string of the molecule is CC(C)(C)OC(=O)n1nc(N)c2cc(-c3ncccc3Cl)ccc21. The van der Waals surface area contributed by atoms with Gasteiger partial charge in [0.25, 0.3) is 0 Å². The van der Waals surface area contributed by atoms with Crippen molar-refractivity contribution in [3.8, 4) is 11.3 Å². The van der Waals surface area contributed by atoms with Crippen LogP contribution in [0.15, 0.2) is 36.5 Å². The molecule has 2 heterocycles. The number of nitrogen functional groups attached to an aromatic ring is 1. The Kier molecular flexibility index (Phi) is 3.93. The molecule has 124 valence electrons. The number of anilines is 1. The maximum absolute atomic E-state index is 12.3. The first kappa shape index (κ1) is 16.3. The number of pyridine rings is 1. The zero-order valence-corrected chi connectivity index (χ0v) is 14.3. The van der Waals surface area contributed by atoms with Crippen molar-refractivity contribution in [2.75, 3.05) is 5.73 Å². The summed E-state index contributed by atoms with van der Waals surface area (Å²) in [5.41, 5.74) is 7.36. The predicted molar refractivity (Wildman–Crippen MR) is 94.0 cm³/mol. The van der Waals surface area contributed by atoms with Crippen LogP contribution in [-0.2, 0) is 4.74 Å². The molecular weight excluding hydrogens is 328 g/mol. The van der Waals surface area contributed by atoms with Crippen LogP contribution in [0.3, 0.4) is 0 Å². The molecular formula is C17H17ClN4O2. The average molecular weight is 345 g/mol. The van der Waals surface area contributed by atoms with Crippen molar-refractivity contribution in [1.82, 2.24) is 14.8 Å². The number of nitrogens with zero attached hydrogens (tertiary/aromatic N) is 3. The summed E-state index contributed by atoms with van der Waals surface area (Å²) in [5.74, 6) is 0.241. The van der Waals surface area contributed by atoms with Crippen LogP contribution in [0.4, 0.5) is 10.6 Å². The van der Waals surface area contributed by atoms with E-state index in [1.807, 2.05) is 12.1 Å². The molecule has 0 amide bonds. The van der Waals surface area contributed by atoms with Gasteiger partial charge in [-0.05, 0) is 45.0 Å². The van der Waals surface area contributed by atoms with Gasteiger partial charge in [-0.25, -0.2) is 4.79 Å². The van der Waals surface area contributed by atoms with E-state index in [-0.39, 0.29) is 5.82 Å². The van der Waals surface area contributed by atoms with Crippen molar-refractivity contribution < 1.29 is 9.53 Å². The fourth-order valence-electron chi connectivity index (χ4n) is 2.33. The van der Waals surface area contributed by atoms with Gasteiger partial charge in [0.15, 0.2) is 5.82 Å². The van der Waals surface area contributed by atoms with E-state index in [4.69, 9.17) is 22.1 Å². The summed E-state index contributed by atoms with van der Waals surface area (Å²) in [7, 11) is 0. The molecule has 2 N–H and O–H groups in total. The van der Waals surface area contributed by atoms with Crippen LogP contribution < -0.4 is 5.73 Å². The Balaban J connectivity index is 2.08. The Labute approximate surface area is 144 Å². The van der Waals surface area contributed by atoms with Crippen LogP contribution in [0.5, 0.6) is 0 Å². The number of carbonyl (C=O) groups is 1. The number of aromatic nitrogens is 3. The molecule has 0 bridgehead atoms. The number of benzene rings is 1. The van der Waals surface area contributed by atoms with Crippen molar-refractivity contribution in [3.05, 3.63) is 41.6 Å². The topological polar surface area (TPSA) is 83.0 Å². The zero-order chi connectivity index (χ0) is 17.5. The smallest absolute Gasteiger partial charge is 0.435 e. The maximum atomic E-state index is 12.3. The van der Waals surface area contributed by atoms with E-state index in [0.717, 1.165) is 5.56 Å². The molecule has 0 aliphatic rings. The molecule has 3 aromatic rings. The van der Waals surface area contributed by atoms with Gasteiger partial charge in [-0.1, -0.05) is 17.7 Å². The van der Waals surface area contributed by atoms with E-state index in [0.29, 0.717) is 21.6 Å². The van der Waals surface area contributed by atoms with Crippen molar-refractivity contribution in [3.63, 3.8) is 0 Å². The second kappa shape index (κ2) is 5.79. The summed E-state index contributed by atoms with van der Waals surface area (Å²) in [5, 5.41) is 5.27. The van der Waals surface area contributed by atoms with Gasteiger partial charge in [-0.3, -0.25) is 4.98 Å². The number of fused-ring (bicyclic) bond motifs is 1. The normalized spacial score (nSPS) is 11.7. The third-order valence-corrected chi connectivity index (χ3v) is 3.61. The lowest BCUT2D eigenvalue weighted by atomic mass is 10.1. The molecule has 0 aliphatic heterocycles. The Hall–Kier alpha value is -2.60. The van der Waals surface area contributed by atoms with Gasteiger partial charge in [-0.15, -0.1) is 5.10 Å². The molecule has 24 heavy (non-hydrogen) atoms. The van der Waals surface area contributed by atoms with E-state index >= 15 is 0 Å². The van der Waals surface area contributed by atoms with Crippen LogP contribution in [-0.4, -0.2) is 26.5 Å². The molecule has 1 aromatic carbocycles. The average Bonchev–Trinajstić information content (AvgIpc) is 2.83. The van der Waals surface area contributed by atoms with Crippen molar-refractivity contribution in [2.24, 2.45) is 0 Å². The minimum Gasteiger partial charge on any atom is -0.442 e. The third-order valence-electron chi connectivity index (χ3n) is 3.31. The Morgan fingerprint density at radius 1 is 1.29 bits per heavy atom. The molecule has 0 atom stereocenters. The number of nitrogens with two attached hydrogens (primary N) is 1. The first-order valence-electron chi connectivity index (χ1n) is 7.39. The zero-order valence-electron chi connectivity index (χ0n) is 13.6. The fraction of sp³-hybridized carbons (Fsp3) is 0.235. The number of ether oxygens (including phenoxy) is 1. The number of hydrogen-bond acceptors (Lipinski definition) is 5. The molecule has 0 spiro atoms. The third kappa shape index (κ3) is 3.05. The van der Waals surface area contributed by atoms with Crippen LogP contribution in [0, 0.1) is 0 Å². The first-order chi connectivity index (χ1) is 11.3. The predicted octanol–water partition coefficient (Wildman–Crippen LogP) is 4.12. The standard InChI is InChI=1S/C17H17ClN4O2/c1-17(2,3)24-16(23)22-13-7-6-10(9-11(13)15(19)21-22)14-12(18)5-4-8-20-14/h4-9H,1-3H3,(H2,19,21). The van der Waals surface area contributed by atoms with Crippen LogP contribution in [0.1, 0.15) is 20.8 Å². The summed E-state index contributed by atoms with van der Waals surface area (Å²) in [6.07, 6.45) is 1.09. The van der Waals surface area contributed by atoms with E-state index in [1.54, 1.807) is 45.2 Å². The molecule has 0 aliphatic carbocycles. The van der Waals surface area contributed by atoms with E-state index in [1.165, 1.54) is 4.68 Å². The summed E-state index contributed by atoms with van der Waals surface area (Å²) >= 11 is 6.19. The molecule has 0 radical (unpaired) electrons. The van der Waals surface area contributed by atoms with Crippen molar-refractivity contribution in [2.45, 2.75) is 26.4 Å². The Morgan fingerprint density at radius 2 is 2.04 bits per heavy atom. The lowest BCUT2D eigenvalue weighted by Gasteiger charge is -2.19. The minimum atomic E-state index is -0.620. The molecule has 7 heteroatoms. The Morgan fingerprint density at radius 3 is 2.71 bits per heavy atom. The number of halogens is 1. The highest BCUT2D eigenvalue weighted by atomic mass is 35.5. The fourth-order valence-corrected chi connectivity index (χ4v) is 2.56. The van der Waals surface area contributed by atoms with Gasteiger partial charge < -0.3 is 10.5 Å². The molecule has 0 saturated heterocycles. The number of carbonyl (C=O) groups excluding carboxylic acids is 1. The van der Waals surface area contributed by atoms with Crippen LogP contribution in [0.25, 0.3) is 22.2 Å². The van der Waals surface area contributed by atoms with Gasteiger partial charge in [0, 0.05) is 17.1 Å². The van der Waals surface area contributed by atoms with Crippen LogP contribution >= 0.6 is 11.6 Å². The van der Waals surface area contributed by atoms with Gasteiger partial charge in [0.05, 0.1) is 16.2 Å². The van der Waals surface area contributed by atoms with Crippen molar-refractivity contribution in [1.29, 1.82) is 0 Å². The van der Waals surface area contributed by atoms with Gasteiger partial charge in [0.1, 0.15) is 5.60 Å². The van der Waals surface area contributed by atoms with Crippen molar-refractivity contribution >= 4 is 34.4 Å². The minimum absolute atomic E-state index is 0.241. The molecule has 0 fully saturated rings. The summed E-state index contributed by atoms with van der Waals surface area (Å²) in [6.45, 7) is 5.38. The molecule has 0 saturated carbocycles. The number of rotatable bonds is 1. The molecule has 6 nitrogen and oxygen atoms in total. The lowest BCUT2D eigenvalue weighted by molar-refractivity contribution is 0.0523.